The standard InChI is InChI=1S/C21H19Br2NO4S/c1-20(2)16(24-18(26)21(22,23)19(24)29(20)27)17(25)28-15(13-9-5-3-6-10-13)14-11-7-4-8-12-14/h3-12,15-16,19H,1-2H3/t16-,19+,29-/m1/s1. The van der Waals surface area contributed by atoms with Crippen molar-refractivity contribution < 1.29 is 18.5 Å². The van der Waals surface area contributed by atoms with Gasteiger partial charge in [-0.3, -0.25) is 9.00 Å². The number of nitrogens with zero attached hydrogens (tertiary/aromatic N) is 1. The summed E-state index contributed by atoms with van der Waals surface area (Å²) in [5.41, 5.74) is 1.65. The third-order valence-electron chi connectivity index (χ3n) is 5.40. The molecule has 4 rings (SSSR count). The van der Waals surface area contributed by atoms with Crippen LogP contribution in [0.2, 0.25) is 0 Å². The fourth-order valence-electron chi connectivity index (χ4n) is 3.88. The molecule has 0 N–H and O–H groups in total. The summed E-state index contributed by atoms with van der Waals surface area (Å²) in [6, 6.07) is 17.9. The minimum Gasteiger partial charge on any atom is -0.451 e. The first-order valence-corrected chi connectivity index (χ1v) is 11.9. The van der Waals surface area contributed by atoms with Crippen molar-refractivity contribution in [1.29, 1.82) is 0 Å². The number of carbonyl (C=O) groups excluding carboxylic acids is 2. The van der Waals surface area contributed by atoms with Crippen LogP contribution in [0.15, 0.2) is 60.7 Å². The first kappa shape index (κ1) is 20.8. The van der Waals surface area contributed by atoms with Gasteiger partial charge >= 0.3 is 5.97 Å². The molecule has 0 aromatic heterocycles. The summed E-state index contributed by atoms with van der Waals surface area (Å²) in [5, 5.41) is -0.630. The largest absolute Gasteiger partial charge is 0.451 e. The molecule has 0 unspecified atom stereocenters. The van der Waals surface area contributed by atoms with E-state index in [2.05, 4.69) is 31.9 Å². The lowest BCUT2D eigenvalue weighted by atomic mass is 9.97. The van der Waals surface area contributed by atoms with Gasteiger partial charge in [0.25, 0.3) is 5.91 Å². The number of benzene rings is 2. The predicted molar refractivity (Wildman–Crippen MR) is 118 cm³/mol. The fourth-order valence-corrected chi connectivity index (χ4v) is 7.55. The smallest absolute Gasteiger partial charge is 0.331 e. The molecule has 0 radical (unpaired) electrons. The lowest BCUT2D eigenvalue weighted by molar-refractivity contribution is -0.164. The third-order valence-corrected chi connectivity index (χ3v) is 9.80. The molecule has 2 fully saturated rings. The molecule has 2 heterocycles. The van der Waals surface area contributed by atoms with Gasteiger partial charge in [0.2, 0.25) is 0 Å². The zero-order chi connectivity index (χ0) is 21.0. The lowest BCUT2D eigenvalue weighted by Gasteiger charge is -2.46. The van der Waals surface area contributed by atoms with E-state index in [1.807, 2.05) is 60.7 Å². The first-order valence-electron chi connectivity index (χ1n) is 9.09. The molecule has 0 spiro atoms. The number of carbonyl (C=O) groups is 2. The van der Waals surface area contributed by atoms with Crippen LogP contribution in [0.3, 0.4) is 0 Å². The fraction of sp³-hybridized carbons (Fsp3) is 0.333. The van der Waals surface area contributed by atoms with Crippen molar-refractivity contribution in [1.82, 2.24) is 4.90 Å². The Hall–Kier alpha value is -1.51. The van der Waals surface area contributed by atoms with Gasteiger partial charge in [-0.05, 0) is 25.0 Å². The van der Waals surface area contributed by atoms with Gasteiger partial charge < -0.3 is 9.64 Å². The predicted octanol–water partition coefficient (Wildman–Crippen LogP) is 3.88. The van der Waals surface area contributed by atoms with Crippen molar-refractivity contribution in [3.63, 3.8) is 0 Å². The van der Waals surface area contributed by atoms with Gasteiger partial charge in [-0.2, -0.15) is 0 Å². The molecular weight excluding hydrogens is 522 g/mol. The highest BCUT2D eigenvalue weighted by Gasteiger charge is 2.73. The second-order valence-electron chi connectivity index (χ2n) is 7.63. The van der Waals surface area contributed by atoms with Gasteiger partial charge in [0.15, 0.2) is 9.34 Å². The van der Waals surface area contributed by atoms with E-state index < -0.39 is 42.3 Å². The quantitative estimate of drug-likeness (QED) is 0.335. The summed E-state index contributed by atoms with van der Waals surface area (Å²) in [5.74, 6) is -0.883. The van der Waals surface area contributed by atoms with Crippen LogP contribution in [0.25, 0.3) is 0 Å². The Kier molecular flexibility index (Phi) is 5.24. The molecule has 2 saturated heterocycles. The maximum absolute atomic E-state index is 13.3. The molecule has 3 atom stereocenters. The summed E-state index contributed by atoms with van der Waals surface area (Å²) >= 11 is 6.62. The van der Waals surface area contributed by atoms with E-state index in [1.54, 1.807) is 13.8 Å². The topological polar surface area (TPSA) is 63.7 Å². The number of alkyl halides is 2. The van der Waals surface area contributed by atoms with Crippen molar-refractivity contribution in [3.8, 4) is 0 Å². The van der Waals surface area contributed by atoms with E-state index in [-0.39, 0.29) is 5.91 Å². The van der Waals surface area contributed by atoms with Crippen LogP contribution in [0.4, 0.5) is 0 Å². The van der Waals surface area contributed by atoms with Crippen LogP contribution >= 0.6 is 31.9 Å². The van der Waals surface area contributed by atoms with Crippen LogP contribution in [0, 0.1) is 0 Å². The molecule has 152 valence electrons. The van der Waals surface area contributed by atoms with Crippen molar-refractivity contribution in [3.05, 3.63) is 71.8 Å². The number of rotatable bonds is 4. The average molecular weight is 541 g/mol. The summed E-state index contributed by atoms with van der Waals surface area (Å²) in [6.45, 7) is 3.47. The second-order valence-corrected chi connectivity index (χ2v) is 13.3. The highest BCUT2D eigenvalue weighted by Crippen LogP contribution is 2.55. The maximum Gasteiger partial charge on any atom is 0.331 e. The number of hydrogen-bond acceptors (Lipinski definition) is 4. The van der Waals surface area contributed by atoms with Crippen molar-refractivity contribution in [2.75, 3.05) is 0 Å². The van der Waals surface area contributed by atoms with Crippen molar-refractivity contribution in [2.45, 2.75) is 39.3 Å². The van der Waals surface area contributed by atoms with E-state index in [0.717, 1.165) is 11.1 Å². The highest BCUT2D eigenvalue weighted by atomic mass is 79.9. The molecular formula is C21H19Br2NO4S. The van der Waals surface area contributed by atoms with E-state index >= 15 is 0 Å². The minimum absolute atomic E-state index is 0.320. The van der Waals surface area contributed by atoms with Gasteiger partial charge in [-0.15, -0.1) is 0 Å². The van der Waals surface area contributed by atoms with E-state index in [0.29, 0.717) is 0 Å². The Morgan fingerprint density at radius 1 is 1.03 bits per heavy atom. The third kappa shape index (κ3) is 3.20. The summed E-state index contributed by atoms with van der Waals surface area (Å²) in [7, 11) is -1.46. The Labute approximate surface area is 188 Å². The number of amides is 1. The van der Waals surface area contributed by atoms with E-state index in [4.69, 9.17) is 4.74 Å². The van der Waals surface area contributed by atoms with Crippen molar-refractivity contribution in [2.24, 2.45) is 0 Å². The molecule has 8 heteroatoms. The maximum atomic E-state index is 13.3. The zero-order valence-electron chi connectivity index (χ0n) is 15.7. The first-order chi connectivity index (χ1) is 13.7. The summed E-state index contributed by atoms with van der Waals surface area (Å²) < 4.78 is 17.0. The van der Waals surface area contributed by atoms with Gasteiger partial charge in [-0.25, -0.2) is 4.79 Å². The molecule has 0 bridgehead atoms. The Morgan fingerprint density at radius 2 is 1.52 bits per heavy atom. The highest BCUT2D eigenvalue weighted by molar-refractivity contribution is 9.26. The molecule has 5 nitrogen and oxygen atoms in total. The number of hydrogen-bond donors (Lipinski definition) is 0. The molecule has 2 aliphatic heterocycles. The van der Waals surface area contributed by atoms with Gasteiger partial charge in [0.05, 0.1) is 15.5 Å². The molecule has 1 amide bonds. The Balaban J connectivity index is 1.68. The van der Waals surface area contributed by atoms with Crippen LogP contribution in [-0.4, -0.2) is 40.4 Å². The Bertz CT molecular complexity index is 941. The Morgan fingerprint density at radius 3 is 2.00 bits per heavy atom. The van der Waals surface area contributed by atoms with Crippen LogP contribution < -0.4 is 0 Å². The average Bonchev–Trinajstić information content (AvgIpc) is 2.92. The summed E-state index contributed by atoms with van der Waals surface area (Å²) in [4.78, 5) is 27.3. The molecule has 2 aromatic rings. The van der Waals surface area contributed by atoms with Gasteiger partial charge in [0, 0.05) is 0 Å². The van der Waals surface area contributed by atoms with Gasteiger partial charge in [0.1, 0.15) is 11.4 Å². The molecule has 2 aliphatic rings. The van der Waals surface area contributed by atoms with Crippen LogP contribution in [-0.2, 0) is 25.1 Å². The molecule has 2 aromatic carbocycles. The summed E-state index contributed by atoms with van der Waals surface area (Å²) in [6.07, 6.45) is -0.623. The number of ether oxygens (including phenoxy) is 1. The van der Waals surface area contributed by atoms with Gasteiger partial charge in [-0.1, -0.05) is 92.5 Å². The molecule has 0 aliphatic carbocycles. The minimum atomic E-state index is -1.46. The van der Waals surface area contributed by atoms with E-state index in [9.17, 15) is 13.8 Å². The number of β-lactam (4-membered cyclic amide) rings is 1. The lowest BCUT2D eigenvalue weighted by Crippen LogP contribution is -2.69. The SMILES string of the molecule is CC1(C)[C@@H](C(=O)OC(c2ccccc2)c2ccccc2)N2C(=O)C(Br)(Br)[C@@H]2[S@]1=O. The number of halogens is 2. The zero-order valence-corrected chi connectivity index (χ0v) is 19.7. The van der Waals surface area contributed by atoms with Crippen LogP contribution in [0.5, 0.6) is 0 Å². The number of fused-ring (bicyclic) bond motifs is 1. The molecule has 29 heavy (non-hydrogen) atoms. The molecule has 0 saturated carbocycles. The normalized spacial score (nSPS) is 26.7. The van der Waals surface area contributed by atoms with E-state index in [1.165, 1.54) is 4.90 Å². The monoisotopic (exact) mass is 539 g/mol. The second kappa shape index (κ2) is 7.32. The van der Waals surface area contributed by atoms with Crippen molar-refractivity contribution >= 4 is 54.5 Å². The number of esters is 1. The van der Waals surface area contributed by atoms with Crippen LogP contribution in [0.1, 0.15) is 31.1 Å².